The largest absolute Gasteiger partial charge is 0.451 e. The molecule has 3 heteroatoms. The maximum Gasteiger partial charge on any atom is 0.357 e. The second-order valence-electron chi connectivity index (χ2n) is 5.39. The van der Waals surface area contributed by atoms with E-state index in [1.54, 1.807) is 0 Å². The molecule has 1 aliphatic heterocycles. The predicted molar refractivity (Wildman–Crippen MR) is 85.2 cm³/mol. The van der Waals surface area contributed by atoms with Gasteiger partial charge in [-0.05, 0) is 24.3 Å². The first-order valence-corrected chi connectivity index (χ1v) is 7.29. The standard InChI is InChI=1S/C18H21NO2/c1-4-5-7-12-15-18(20)21-17(13(2)3)16(19-15)14-10-8-6-9-11-14/h4,6,8-13,17H,1,5,7H2,2-3H3/b15-12-/t17-/m0/s1. The second kappa shape index (κ2) is 7.02. The first kappa shape index (κ1) is 15.2. The lowest BCUT2D eigenvalue weighted by molar-refractivity contribution is -0.143. The van der Waals surface area contributed by atoms with Gasteiger partial charge in [0.05, 0.1) is 5.71 Å². The van der Waals surface area contributed by atoms with Gasteiger partial charge < -0.3 is 4.74 Å². The number of cyclic esters (lactones) is 1. The number of aliphatic imine (C=N–C) groups is 1. The van der Waals surface area contributed by atoms with Crippen LogP contribution in [0.3, 0.4) is 0 Å². The molecule has 0 N–H and O–H groups in total. The molecule has 0 aromatic heterocycles. The van der Waals surface area contributed by atoms with Crippen LogP contribution in [0, 0.1) is 5.92 Å². The molecule has 0 radical (unpaired) electrons. The molecule has 0 fully saturated rings. The summed E-state index contributed by atoms with van der Waals surface area (Å²) in [7, 11) is 0. The zero-order valence-corrected chi connectivity index (χ0v) is 12.6. The molecular formula is C18H21NO2. The topological polar surface area (TPSA) is 38.7 Å². The van der Waals surface area contributed by atoms with Gasteiger partial charge in [-0.25, -0.2) is 9.79 Å². The molecule has 1 aromatic rings. The summed E-state index contributed by atoms with van der Waals surface area (Å²) in [6.07, 6.45) is 4.91. The molecule has 1 aliphatic rings. The van der Waals surface area contributed by atoms with Crippen LogP contribution in [0.15, 0.2) is 59.8 Å². The van der Waals surface area contributed by atoms with Gasteiger partial charge in [-0.15, -0.1) is 6.58 Å². The van der Waals surface area contributed by atoms with Gasteiger partial charge in [0.15, 0.2) is 0 Å². The third-order valence-corrected chi connectivity index (χ3v) is 3.34. The number of benzene rings is 1. The van der Waals surface area contributed by atoms with Crippen molar-refractivity contribution in [1.82, 2.24) is 0 Å². The minimum atomic E-state index is -0.336. The van der Waals surface area contributed by atoms with E-state index in [0.29, 0.717) is 5.70 Å². The van der Waals surface area contributed by atoms with Crippen molar-refractivity contribution in [3.8, 4) is 0 Å². The Morgan fingerprint density at radius 1 is 1.29 bits per heavy atom. The van der Waals surface area contributed by atoms with E-state index < -0.39 is 0 Å². The van der Waals surface area contributed by atoms with Crippen LogP contribution in [-0.4, -0.2) is 17.8 Å². The van der Waals surface area contributed by atoms with E-state index in [1.165, 1.54) is 0 Å². The van der Waals surface area contributed by atoms with Crippen molar-refractivity contribution in [1.29, 1.82) is 0 Å². The fourth-order valence-electron chi connectivity index (χ4n) is 2.23. The van der Waals surface area contributed by atoms with Crippen molar-refractivity contribution in [2.75, 3.05) is 0 Å². The van der Waals surface area contributed by atoms with Crippen molar-refractivity contribution in [3.05, 3.63) is 60.3 Å². The Morgan fingerprint density at radius 2 is 2.00 bits per heavy atom. The number of carbonyl (C=O) groups is 1. The summed E-state index contributed by atoms with van der Waals surface area (Å²) in [4.78, 5) is 16.6. The minimum Gasteiger partial charge on any atom is -0.451 e. The molecule has 1 aromatic carbocycles. The normalized spacial score (nSPS) is 20.3. The predicted octanol–water partition coefficient (Wildman–Crippen LogP) is 3.91. The van der Waals surface area contributed by atoms with E-state index in [-0.39, 0.29) is 18.0 Å². The molecule has 0 saturated carbocycles. The molecule has 0 unspecified atom stereocenters. The zero-order chi connectivity index (χ0) is 15.2. The molecule has 21 heavy (non-hydrogen) atoms. The monoisotopic (exact) mass is 283 g/mol. The fraction of sp³-hybridized carbons (Fsp3) is 0.333. The van der Waals surface area contributed by atoms with Crippen LogP contribution in [0.4, 0.5) is 0 Å². The molecule has 1 heterocycles. The second-order valence-corrected chi connectivity index (χ2v) is 5.39. The number of unbranched alkanes of at least 4 members (excludes halogenated alkanes) is 1. The van der Waals surface area contributed by atoms with Gasteiger partial charge in [0, 0.05) is 0 Å². The van der Waals surface area contributed by atoms with Crippen LogP contribution in [0.25, 0.3) is 0 Å². The molecule has 0 bridgehead atoms. The van der Waals surface area contributed by atoms with E-state index in [9.17, 15) is 4.79 Å². The molecular weight excluding hydrogens is 262 g/mol. The highest BCUT2D eigenvalue weighted by molar-refractivity contribution is 6.10. The third-order valence-electron chi connectivity index (χ3n) is 3.34. The minimum absolute atomic E-state index is 0.183. The number of esters is 1. The molecule has 0 amide bonds. The number of allylic oxidation sites excluding steroid dienone is 2. The van der Waals surface area contributed by atoms with Crippen molar-refractivity contribution in [3.63, 3.8) is 0 Å². The summed E-state index contributed by atoms with van der Waals surface area (Å²) in [5.74, 6) is -0.153. The van der Waals surface area contributed by atoms with Crippen molar-refractivity contribution < 1.29 is 9.53 Å². The molecule has 110 valence electrons. The van der Waals surface area contributed by atoms with Crippen molar-refractivity contribution in [2.24, 2.45) is 10.9 Å². The summed E-state index contributed by atoms with van der Waals surface area (Å²) in [6.45, 7) is 7.74. The number of hydrogen-bond acceptors (Lipinski definition) is 3. The van der Waals surface area contributed by atoms with Gasteiger partial charge in [-0.3, -0.25) is 0 Å². The molecule has 0 saturated heterocycles. The Kier molecular flexibility index (Phi) is 5.09. The maximum atomic E-state index is 12.1. The quantitative estimate of drug-likeness (QED) is 0.356. The first-order valence-electron chi connectivity index (χ1n) is 7.29. The summed E-state index contributed by atoms with van der Waals surface area (Å²) >= 11 is 0. The summed E-state index contributed by atoms with van der Waals surface area (Å²) in [6, 6.07) is 9.88. The Labute approximate surface area is 126 Å². The Morgan fingerprint density at radius 3 is 2.62 bits per heavy atom. The van der Waals surface area contributed by atoms with E-state index in [1.807, 2.05) is 56.3 Å². The lowest BCUT2D eigenvalue weighted by Crippen LogP contribution is -2.37. The van der Waals surface area contributed by atoms with E-state index in [4.69, 9.17) is 4.74 Å². The highest BCUT2D eigenvalue weighted by Gasteiger charge is 2.31. The van der Waals surface area contributed by atoms with E-state index in [0.717, 1.165) is 24.1 Å². The molecule has 3 nitrogen and oxygen atoms in total. The van der Waals surface area contributed by atoms with Crippen LogP contribution >= 0.6 is 0 Å². The molecule has 0 aliphatic carbocycles. The Bertz CT molecular complexity index is 570. The number of ether oxygens (including phenoxy) is 1. The van der Waals surface area contributed by atoms with Crippen molar-refractivity contribution >= 4 is 11.7 Å². The number of nitrogens with zero attached hydrogens (tertiary/aromatic N) is 1. The van der Waals surface area contributed by atoms with Gasteiger partial charge in [-0.2, -0.15) is 0 Å². The van der Waals surface area contributed by atoms with Gasteiger partial charge >= 0.3 is 5.97 Å². The Hall–Kier alpha value is -2.16. The summed E-state index contributed by atoms with van der Waals surface area (Å²) in [5.41, 5.74) is 2.22. The SMILES string of the molecule is C=CCC/C=C1\N=C(c2ccccc2)[C@H](C(C)C)OC1=O. The Balaban J connectivity index is 2.38. The number of carbonyl (C=O) groups excluding carboxylic acids is 1. The van der Waals surface area contributed by atoms with Crippen LogP contribution in [0.1, 0.15) is 32.3 Å². The third kappa shape index (κ3) is 3.69. The molecule has 0 spiro atoms. The number of hydrogen-bond donors (Lipinski definition) is 0. The molecule has 2 rings (SSSR count). The zero-order valence-electron chi connectivity index (χ0n) is 12.6. The van der Waals surface area contributed by atoms with Gasteiger partial charge in [0.25, 0.3) is 0 Å². The van der Waals surface area contributed by atoms with E-state index in [2.05, 4.69) is 11.6 Å². The van der Waals surface area contributed by atoms with E-state index >= 15 is 0 Å². The maximum absolute atomic E-state index is 12.1. The van der Waals surface area contributed by atoms with Gasteiger partial charge in [0.2, 0.25) is 0 Å². The highest BCUT2D eigenvalue weighted by Crippen LogP contribution is 2.23. The van der Waals surface area contributed by atoms with Gasteiger partial charge in [-0.1, -0.05) is 56.3 Å². The molecule has 1 atom stereocenters. The first-order chi connectivity index (χ1) is 10.1. The fourth-order valence-corrected chi connectivity index (χ4v) is 2.23. The number of rotatable bonds is 5. The van der Waals surface area contributed by atoms with Crippen LogP contribution in [0.5, 0.6) is 0 Å². The smallest absolute Gasteiger partial charge is 0.357 e. The van der Waals surface area contributed by atoms with Crippen LogP contribution in [0.2, 0.25) is 0 Å². The van der Waals surface area contributed by atoms with Crippen LogP contribution < -0.4 is 0 Å². The average molecular weight is 283 g/mol. The lowest BCUT2D eigenvalue weighted by Gasteiger charge is -2.27. The van der Waals surface area contributed by atoms with Crippen molar-refractivity contribution in [2.45, 2.75) is 32.8 Å². The summed E-state index contributed by atoms with van der Waals surface area (Å²) in [5, 5.41) is 0. The van der Waals surface area contributed by atoms with Crippen LogP contribution in [-0.2, 0) is 9.53 Å². The average Bonchev–Trinajstić information content (AvgIpc) is 2.49. The lowest BCUT2D eigenvalue weighted by atomic mass is 9.95. The highest BCUT2D eigenvalue weighted by atomic mass is 16.5. The summed E-state index contributed by atoms with van der Waals surface area (Å²) < 4.78 is 5.59. The van der Waals surface area contributed by atoms with Gasteiger partial charge in [0.1, 0.15) is 11.8 Å².